The molecule has 2 rings (SSSR count). The van der Waals surface area contributed by atoms with Crippen molar-refractivity contribution in [2.24, 2.45) is 5.73 Å². The van der Waals surface area contributed by atoms with Crippen molar-refractivity contribution in [1.29, 1.82) is 0 Å². The Balaban J connectivity index is 2.57. The second-order valence-electron chi connectivity index (χ2n) is 5.77. The highest BCUT2D eigenvalue weighted by atomic mass is 35.5. The molecule has 10 heteroatoms. The fourth-order valence-corrected chi connectivity index (χ4v) is 2.70. The van der Waals surface area contributed by atoms with E-state index in [0.717, 1.165) is 12.1 Å². The molecule has 0 fully saturated rings. The maximum absolute atomic E-state index is 13.5. The number of nitrogens with zero attached hydrogens (tertiary/aromatic N) is 1. The first kappa shape index (κ1) is 21.1. The summed E-state index contributed by atoms with van der Waals surface area (Å²) in [5.74, 6) is -1.75. The van der Waals surface area contributed by atoms with E-state index in [-0.39, 0.29) is 16.1 Å². The number of non-ortho nitro benzene ring substituents is 1. The molecular weight excluding hydrogens is 401 g/mol. The van der Waals surface area contributed by atoms with Crippen LogP contribution in [-0.4, -0.2) is 22.8 Å². The first-order chi connectivity index (χ1) is 12.9. The average Bonchev–Trinajstić information content (AvgIpc) is 2.57. The summed E-state index contributed by atoms with van der Waals surface area (Å²) >= 11 is 5.68. The number of ketones is 1. The van der Waals surface area contributed by atoms with Gasteiger partial charge >= 0.3 is 6.18 Å². The topological polar surface area (TPSA) is 103 Å². The van der Waals surface area contributed by atoms with E-state index >= 15 is 0 Å². The number of amides is 1. The van der Waals surface area contributed by atoms with Gasteiger partial charge in [0.2, 0.25) is 5.91 Å². The standard InChI is InChI=1S/C18H12ClF3N2O4/c1-9-4-10(2-3-14(9)17(23)26)16(25)8-15(18(20,21)22)11-5-12(19)7-13(6-11)24(27)28/h2-8H,1H3,(H2,23,26). The number of nitrogens with two attached hydrogens (primary N) is 1. The molecule has 6 nitrogen and oxygen atoms in total. The van der Waals surface area contributed by atoms with E-state index in [1.807, 2.05) is 0 Å². The van der Waals surface area contributed by atoms with Crippen molar-refractivity contribution in [3.05, 3.63) is 79.9 Å². The summed E-state index contributed by atoms with van der Waals surface area (Å²) < 4.78 is 40.5. The summed E-state index contributed by atoms with van der Waals surface area (Å²) in [6.07, 6.45) is -4.65. The quantitative estimate of drug-likeness (QED) is 0.338. The monoisotopic (exact) mass is 412 g/mol. The van der Waals surface area contributed by atoms with Gasteiger partial charge in [-0.3, -0.25) is 19.7 Å². The number of hydrogen-bond acceptors (Lipinski definition) is 4. The van der Waals surface area contributed by atoms with Crippen molar-refractivity contribution in [2.75, 3.05) is 0 Å². The van der Waals surface area contributed by atoms with Gasteiger partial charge in [0.15, 0.2) is 5.78 Å². The van der Waals surface area contributed by atoms with Crippen LogP contribution < -0.4 is 5.73 Å². The maximum atomic E-state index is 13.5. The van der Waals surface area contributed by atoms with Gasteiger partial charge in [0.25, 0.3) is 5.69 Å². The Morgan fingerprint density at radius 3 is 2.29 bits per heavy atom. The van der Waals surface area contributed by atoms with Crippen LogP contribution in [0.3, 0.4) is 0 Å². The number of benzene rings is 2. The molecule has 28 heavy (non-hydrogen) atoms. The number of carbonyl (C=O) groups excluding carboxylic acids is 2. The number of aryl methyl sites for hydroxylation is 1. The SMILES string of the molecule is Cc1cc(C(=O)C=C(c2cc(Cl)cc([N+](=O)[O-])c2)C(F)(F)F)ccc1C(N)=O. The van der Waals surface area contributed by atoms with E-state index in [0.29, 0.717) is 17.7 Å². The van der Waals surface area contributed by atoms with Gasteiger partial charge in [-0.1, -0.05) is 17.7 Å². The number of carbonyl (C=O) groups is 2. The zero-order chi connectivity index (χ0) is 21.2. The number of alkyl halides is 3. The Labute approximate surface area is 161 Å². The lowest BCUT2D eigenvalue weighted by Gasteiger charge is -2.12. The first-order valence-corrected chi connectivity index (χ1v) is 7.97. The third-order valence-electron chi connectivity index (χ3n) is 3.76. The molecule has 2 aromatic rings. The second-order valence-corrected chi connectivity index (χ2v) is 6.21. The number of primary amides is 1. The minimum absolute atomic E-state index is 0.110. The molecule has 0 aliphatic carbocycles. The van der Waals surface area contributed by atoms with E-state index in [1.165, 1.54) is 25.1 Å². The molecule has 0 spiro atoms. The molecule has 0 bridgehead atoms. The van der Waals surface area contributed by atoms with Crippen molar-refractivity contribution < 1.29 is 27.7 Å². The molecule has 0 atom stereocenters. The van der Waals surface area contributed by atoms with E-state index in [4.69, 9.17) is 17.3 Å². The molecule has 0 saturated heterocycles. The van der Waals surface area contributed by atoms with Crippen LogP contribution in [0.15, 0.2) is 42.5 Å². The predicted molar refractivity (Wildman–Crippen MR) is 96.2 cm³/mol. The third-order valence-corrected chi connectivity index (χ3v) is 3.98. The minimum Gasteiger partial charge on any atom is -0.366 e. The van der Waals surface area contributed by atoms with Gasteiger partial charge in [0, 0.05) is 28.3 Å². The largest absolute Gasteiger partial charge is 0.417 e. The summed E-state index contributed by atoms with van der Waals surface area (Å²) in [4.78, 5) is 33.6. The van der Waals surface area contributed by atoms with Crippen LogP contribution >= 0.6 is 11.6 Å². The highest BCUT2D eigenvalue weighted by Crippen LogP contribution is 2.37. The molecule has 2 N–H and O–H groups in total. The Hall–Kier alpha value is -3.20. The fourth-order valence-electron chi connectivity index (χ4n) is 2.47. The van der Waals surface area contributed by atoms with Crippen LogP contribution in [-0.2, 0) is 0 Å². The Morgan fingerprint density at radius 2 is 1.79 bits per heavy atom. The molecule has 0 saturated carbocycles. The van der Waals surface area contributed by atoms with Crippen LogP contribution in [0.4, 0.5) is 18.9 Å². The Morgan fingerprint density at radius 1 is 1.14 bits per heavy atom. The molecule has 0 aromatic heterocycles. The van der Waals surface area contributed by atoms with Crippen molar-refractivity contribution in [3.8, 4) is 0 Å². The molecule has 0 unspecified atom stereocenters. The molecule has 0 aliphatic rings. The zero-order valence-corrected chi connectivity index (χ0v) is 15.0. The van der Waals surface area contributed by atoms with Gasteiger partial charge in [-0.25, -0.2) is 0 Å². The fraction of sp³-hybridized carbons (Fsp3) is 0.111. The lowest BCUT2D eigenvalue weighted by atomic mass is 9.98. The summed E-state index contributed by atoms with van der Waals surface area (Å²) in [5.41, 5.74) is 2.83. The van der Waals surface area contributed by atoms with Crippen molar-refractivity contribution in [1.82, 2.24) is 0 Å². The van der Waals surface area contributed by atoms with Crippen LogP contribution in [0.2, 0.25) is 5.02 Å². The van der Waals surface area contributed by atoms with Gasteiger partial charge in [0.05, 0.1) is 10.5 Å². The molecule has 1 amide bonds. The number of hydrogen-bond donors (Lipinski definition) is 1. The lowest BCUT2D eigenvalue weighted by molar-refractivity contribution is -0.384. The van der Waals surface area contributed by atoms with Gasteiger partial charge < -0.3 is 5.73 Å². The van der Waals surface area contributed by atoms with Crippen molar-refractivity contribution in [3.63, 3.8) is 0 Å². The number of rotatable bonds is 5. The van der Waals surface area contributed by atoms with E-state index in [9.17, 15) is 32.9 Å². The number of halogens is 4. The van der Waals surface area contributed by atoms with Crippen molar-refractivity contribution >= 4 is 34.6 Å². The summed E-state index contributed by atoms with van der Waals surface area (Å²) in [5, 5.41) is 10.6. The van der Waals surface area contributed by atoms with Crippen molar-refractivity contribution in [2.45, 2.75) is 13.1 Å². The van der Waals surface area contributed by atoms with Crippen LogP contribution in [0.25, 0.3) is 5.57 Å². The molecule has 146 valence electrons. The number of nitro groups is 1. The van der Waals surface area contributed by atoms with Crippen LogP contribution in [0, 0.1) is 17.0 Å². The van der Waals surface area contributed by atoms with E-state index in [2.05, 4.69) is 0 Å². The molecule has 0 aliphatic heterocycles. The summed E-state index contributed by atoms with van der Waals surface area (Å²) in [6, 6.07) is 6.08. The number of allylic oxidation sites excluding steroid dienone is 2. The predicted octanol–water partition coefficient (Wildman–Crippen LogP) is 4.48. The van der Waals surface area contributed by atoms with E-state index < -0.39 is 39.6 Å². The molecule has 2 aromatic carbocycles. The van der Waals surface area contributed by atoms with Gasteiger partial charge in [-0.05, 0) is 42.3 Å². The first-order valence-electron chi connectivity index (χ1n) is 7.59. The highest BCUT2D eigenvalue weighted by molar-refractivity contribution is 6.31. The minimum atomic E-state index is -4.98. The maximum Gasteiger partial charge on any atom is 0.417 e. The van der Waals surface area contributed by atoms with Gasteiger partial charge in [-0.2, -0.15) is 13.2 Å². The molecule has 0 radical (unpaired) electrons. The second kappa shape index (κ2) is 7.81. The average molecular weight is 413 g/mol. The smallest absolute Gasteiger partial charge is 0.366 e. The van der Waals surface area contributed by atoms with Gasteiger partial charge in [0.1, 0.15) is 0 Å². The normalized spacial score (nSPS) is 12.0. The lowest BCUT2D eigenvalue weighted by Crippen LogP contribution is -2.14. The highest BCUT2D eigenvalue weighted by Gasteiger charge is 2.36. The molecule has 0 heterocycles. The summed E-state index contributed by atoms with van der Waals surface area (Å²) in [7, 11) is 0. The Kier molecular flexibility index (Phi) is 5.89. The van der Waals surface area contributed by atoms with Crippen LogP contribution in [0.1, 0.15) is 31.8 Å². The van der Waals surface area contributed by atoms with Gasteiger partial charge in [-0.15, -0.1) is 0 Å². The third kappa shape index (κ3) is 4.74. The summed E-state index contributed by atoms with van der Waals surface area (Å²) in [6.45, 7) is 1.48. The molecular formula is C18H12ClF3N2O4. The zero-order valence-electron chi connectivity index (χ0n) is 14.2. The number of nitro benzene ring substituents is 1. The van der Waals surface area contributed by atoms with E-state index in [1.54, 1.807) is 0 Å². The Bertz CT molecular complexity index is 1020. The van der Waals surface area contributed by atoms with Crippen LogP contribution in [0.5, 0.6) is 0 Å².